The highest BCUT2D eigenvalue weighted by molar-refractivity contribution is 6.42. The molecule has 0 atom stereocenters. The van der Waals surface area contributed by atoms with Gasteiger partial charge in [-0.1, -0.05) is 35.3 Å². The predicted molar refractivity (Wildman–Crippen MR) is 104 cm³/mol. The summed E-state index contributed by atoms with van der Waals surface area (Å²) in [4.78, 5) is 14.5. The van der Waals surface area contributed by atoms with Crippen molar-refractivity contribution in [2.75, 3.05) is 18.0 Å². The van der Waals surface area contributed by atoms with E-state index < -0.39 is 0 Å². The molecule has 0 aliphatic carbocycles. The van der Waals surface area contributed by atoms with Crippen molar-refractivity contribution in [1.82, 2.24) is 0 Å². The number of carbonyl (C=O) groups excluding carboxylic acids is 1. The molecule has 0 saturated carbocycles. The van der Waals surface area contributed by atoms with Gasteiger partial charge in [-0.3, -0.25) is 4.79 Å². The molecular formula is C20H19Cl2NO2. The van der Waals surface area contributed by atoms with Gasteiger partial charge in [0.15, 0.2) is 5.78 Å². The Hall–Kier alpha value is -1.81. The van der Waals surface area contributed by atoms with Crippen molar-refractivity contribution < 1.29 is 9.90 Å². The van der Waals surface area contributed by atoms with Crippen LogP contribution in [0.25, 0.3) is 6.08 Å². The van der Waals surface area contributed by atoms with Crippen molar-refractivity contribution >= 4 is 40.7 Å². The maximum Gasteiger partial charge on any atom is 0.185 e. The van der Waals surface area contributed by atoms with Crippen molar-refractivity contribution in [3.63, 3.8) is 0 Å². The molecule has 2 aromatic carbocycles. The summed E-state index contributed by atoms with van der Waals surface area (Å²) < 4.78 is 0. The Morgan fingerprint density at radius 2 is 1.72 bits per heavy atom. The van der Waals surface area contributed by atoms with Crippen LogP contribution in [0.4, 0.5) is 5.69 Å². The minimum atomic E-state index is -0.191. The molecule has 1 aliphatic rings. The summed E-state index contributed by atoms with van der Waals surface area (Å²) in [6, 6.07) is 12.8. The highest BCUT2D eigenvalue weighted by atomic mass is 35.5. The average molecular weight is 376 g/mol. The molecule has 2 aromatic rings. The van der Waals surface area contributed by atoms with Gasteiger partial charge in [0.2, 0.25) is 0 Å². The fraction of sp³-hybridized carbons (Fsp3) is 0.250. The summed E-state index contributed by atoms with van der Waals surface area (Å²) in [5.74, 6) is -0.0633. The molecule has 5 heteroatoms. The number of rotatable bonds is 4. The first kappa shape index (κ1) is 18.0. The lowest BCUT2D eigenvalue weighted by molar-refractivity contribution is 0.104. The molecule has 1 heterocycles. The van der Waals surface area contributed by atoms with Crippen LogP contribution in [0, 0.1) is 0 Å². The molecule has 0 radical (unpaired) electrons. The van der Waals surface area contributed by atoms with E-state index in [9.17, 15) is 9.90 Å². The number of carbonyl (C=O) groups is 1. The SMILES string of the molecule is O=C(/C=C/c1ccc(Cl)c(Cl)c1)c1ccc(N2CCC(O)CC2)cc1. The highest BCUT2D eigenvalue weighted by Crippen LogP contribution is 2.24. The monoisotopic (exact) mass is 375 g/mol. The normalized spacial score (nSPS) is 15.7. The quantitative estimate of drug-likeness (QED) is 0.613. The van der Waals surface area contributed by atoms with Crippen molar-refractivity contribution in [2.45, 2.75) is 18.9 Å². The summed E-state index contributed by atoms with van der Waals surface area (Å²) in [7, 11) is 0. The van der Waals surface area contributed by atoms with Crippen LogP contribution in [0.5, 0.6) is 0 Å². The number of benzene rings is 2. The Morgan fingerprint density at radius 1 is 1.04 bits per heavy atom. The molecule has 0 bridgehead atoms. The molecule has 1 fully saturated rings. The van der Waals surface area contributed by atoms with E-state index in [-0.39, 0.29) is 11.9 Å². The summed E-state index contributed by atoms with van der Waals surface area (Å²) in [6.45, 7) is 1.68. The van der Waals surface area contributed by atoms with Gasteiger partial charge in [0.1, 0.15) is 0 Å². The van der Waals surface area contributed by atoms with Gasteiger partial charge in [0.25, 0.3) is 0 Å². The minimum Gasteiger partial charge on any atom is -0.393 e. The van der Waals surface area contributed by atoms with Crippen molar-refractivity contribution in [2.24, 2.45) is 0 Å². The van der Waals surface area contributed by atoms with Crippen LogP contribution >= 0.6 is 23.2 Å². The number of aliphatic hydroxyl groups is 1. The Balaban J connectivity index is 1.66. The van der Waals surface area contributed by atoms with E-state index in [1.165, 1.54) is 6.08 Å². The first-order valence-corrected chi connectivity index (χ1v) is 8.99. The standard InChI is InChI=1S/C20H19Cl2NO2/c21-18-7-1-14(13-19(18)22)2-8-20(25)15-3-5-16(6-4-15)23-11-9-17(24)10-12-23/h1-8,13,17,24H,9-12H2/b8-2+. The predicted octanol–water partition coefficient (Wildman–Crippen LogP) is 4.85. The van der Waals surface area contributed by atoms with E-state index in [0.29, 0.717) is 15.6 Å². The number of hydrogen-bond acceptors (Lipinski definition) is 3. The van der Waals surface area contributed by atoms with Crippen LogP contribution in [0.2, 0.25) is 10.0 Å². The molecule has 130 valence electrons. The summed E-state index contributed by atoms with van der Waals surface area (Å²) in [6.07, 6.45) is 4.64. The number of ketones is 1. The van der Waals surface area contributed by atoms with Crippen molar-refractivity contribution in [3.8, 4) is 0 Å². The van der Waals surface area contributed by atoms with E-state index in [2.05, 4.69) is 4.90 Å². The third kappa shape index (κ3) is 4.63. The van der Waals surface area contributed by atoms with E-state index in [1.807, 2.05) is 30.3 Å². The maximum atomic E-state index is 12.3. The zero-order valence-corrected chi connectivity index (χ0v) is 15.2. The van der Waals surface area contributed by atoms with Gasteiger partial charge < -0.3 is 10.0 Å². The molecule has 3 rings (SSSR count). The van der Waals surface area contributed by atoms with Gasteiger partial charge in [-0.15, -0.1) is 0 Å². The molecule has 1 N–H and O–H groups in total. The molecule has 3 nitrogen and oxygen atoms in total. The smallest absolute Gasteiger partial charge is 0.185 e. The second-order valence-electron chi connectivity index (χ2n) is 6.14. The summed E-state index contributed by atoms with van der Waals surface area (Å²) in [5.41, 5.74) is 2.54. The van der Waals surface area contributed by atoms with E-state index >= 15 is 0 Å². The van der Waals surface area contributed by atoms with Gasteiger partial charge in [-0.2, -0.15) is 0 Å². The third-order valence-corrected chi connectivity index (χ3v) is 5.09. The fourth-order valence-electron chi connectivity index (χ4n) is 2.84. The molecular weight excluding hydrogens is 357 g/mol. The Bertz CT molecular complexity index is 779. The fourth-order valence-corrected chi connectivity index (χ4v) is 3.15. The first-order valence-electron chi connectivity index (χ1n) is 8.23. The van der Waals surface area contributed by atoms with Crippen LogP contribution in [-0.2, 0) is 0 Å². The summed E-state index contributed by atoms with van der Waals surface area (Å²) in [5, 5.41) is 10.5. The van der Waals surface area contributed by atoms with E-state index in [1.54, 1.807) is 18.2 Å². The lowest BCUT2D eigenvalue weighted by Gasteiger charge is -2.31. The lowest BCUT2D eigenvalue weighted by atomic mass is 10.1. The Kier molecular flexibility index (Phi) is 5.79. The number of allylic oxidation sites excluding steroid dienone is 1. The molecule has 0 aromatic heterocycles. The zero-order valence-electron chi connectivity index (χ0n) is 13.7. The number of nitrogens with zero attached hydrogens (tertiary/aromatic N) is 1. The number of aliphatic hydroxyl groups excluding tert-OH is 1. The van der Waals surface area contributed by atoms with Gasteiger partial charge in [0.05, 0.1) is 16.1 Å². The largest absolute Gasteiger partial charge is 0.393 e. The average Bonchev–Trinajstić information content (AvgIpc) is 2.63. The highest BCUT2D eigenvalue weighted by Gasteiger charge is 2.17. The minimum absolute atomic E-state index is 0.0633. The number of piperidine rings is 1. The van der Waals surface area contributed by atoms with Crippen LogP contribution in [0.3, 0.4) is 0 Å². The van der Waals surface area contributed by atoms with Gasteiger partial charge >= 0.3 is 0 Å². The van der Waals surface area contributed by atoms with Crippen LogP contribution in [0.15, 0.2) is 48.5 Å². The zero-order chi connectivity index (χ0) is 17.8. The number of anilines is 1. The second kappa shape index (κ2) is 8.05. The maximum absolute atomic E-state index is 12.3. The topological polar surface area (TPSA) is 40.5 Å². The van der Waals surface area contributed by atoms with Gasteiger partial charge in [-0.05, 0) is 60.9 Å². The molecule has 0 spiro atoms. The molecule has 1 aliphatic heterocycles. The van der Waals surface area contributed by atoms with Gasteiger partial charge in [0, 0.05) is 24.3 Å². The van der Waals surface area contributed by atoms with Crippen molar-refractivity contribution in [1.29, 1.82) is 0 Å². The van der Waals surface area contributed by atoms with E-state index in [0.717, 1.165) is 37.2 Å². The molecule has 0 amide bonds. The molecule has 0 unspecified atom stereocenters. The third-order valence-electron chi connectivity index (χ3n) is 4.35. The van der Waals surface area contributed by atoms with Crippen LogP contribution < -0.4 is 4.90 Å². The molecule has 25 heavy (non-hydrogen) atoms. The van der Waals surface area contributed by atoms with Crippen LogP contribution in [-0.4, -0.2) is 30.1 Å². The number of hydrogen-bond donors (Lipinski definition) is 1. The van der Waals surface area contributed by atoms with Crippen molar-refractivity contribution in [3.05, 3.63) is 69.7 Å². The Labute approximate surface area is 157 Å². The summed E-state index contributed by atoms with van der Waals surface area (Å²) >= 11 is 11.9. The van der Waals surface area contributed by atoms with Gasteiger partial charge in [-0.25, -0.2) is 0 Å². The molecule has 1 saturated heterocycles. The Morgan fingerprint density at radius 3 is 2.36 bits per heavy atom. The number of halogens is 2. The lowest BCUT2D eigenvalue weighted by Crippen LogP contribution is -2.35. The van der Waals surface area contributed by atoms with E-state index in [4.69, 9.17) is 23.2 Å². The first-order chi connectivity index (χ1) is 12.0. The second-order valence-corrected chi connectivity index (χ2v) is 6.95. The van der Waals surface area contributed by atoms with Crippen LogP contribution in [0.1, 0.15) is 28.8 Å².